The quantitative estimate of drug-likeness (QED) is 0.881. The Kier molecular flexibility index (Phi) is 4.85. The van der Waals surface area contributed by atoms with Crippen molar-refractivity contribution in [1.29, 1.82) is 0 Å². The molecular weight excluding hydrogens is 278 g/mol. The Morgan fingerprint density at radius 2 is 2.14 bits per heavy atom. The summed E-state index contributed by atoms with van der Waals surface area (Å²) in [6, 6.07) is 3.52. The standard InChI is InChI=1S/C14H18F2N4O/c1-3-7-17-12(8-20-14(21)19(2)9-18-20)10-5-4-6-11(15)13(10)16/h4-6,9,12,17H,3,7-8H2,1-2H3. The molecule has 0 aliphatic heterocycles. The summed E-state index contributed by atoms with van der Waals surface area (Å²) in [5.74, 6) is -1.79. The summed E-state index contributed by atoms with van der Waals surface area (Å²) < 4.78 is 29.9. The Bertz CT molecular complexity index is 665. The van der Waals surface area contributed by atoms with Crippen molar-refractivity contribution in [2.75, 3.05) is 6.54 Å². The Hall–Kier alpha value is -2.02. The average Bonchev–Trinajstić information content (AvgIpc) is 2.78. The lowest BCUT2D eigenvalue weighted by Gasteiger charge is -2.19. The SMILES string of the molecule is CCCNC(Cn1ncn(C)c1=O)c1cccc(F)c1F. The summed E-state index contributed by atoms with van der Waals surface area (Å²) in [4.78, 5) is 11.8. The lowest BCUT2D eigenvalue weighted by atomic mass is 10.1. The predicted octanol–water partition coefficient (Wildman–Crippen LogP) is 1.60. The van der Waals surface area contributed by atoms with Gasteiger partial charge in [0.25, 0.3) is 0 Å². The van der Waals surface area contributed by atoms with Crippen molar-refractivity contribution in [3.63, 3.8) is 0 Å². The van der Waals surface area contributed by atoms with Gasteiger partial charge in [-0.1, -0.05) is 19.1 Å². The Balaban J connectivity index is 2.32. The molecule has 5 nitrogen and oxygen atoms in total. The summed E-state index contributed by atoms with van der Waals surface area (Å²) in [6.45, 7) is 2.74. The largest absolute Gasteiger partial charge is 0.345 e. The molecule has 0 aliphatic carbocycles. The van der Waals surface area contributed by atoms with Gasteiger partial charge in [-0.25, -0.2) is 18.3 Å². The van der Waals surface area contributed by atoms with Crippen LogP contribution in [0.4, 0.5) is 8.78 Å². The first-order valence-electron chi connectivity index (χ1n) is 6.80. The molecule has 2 aromatic rings. The van der Waals surface area contributed by atoms with Gasteiger partial charge in [0.1, 0.15) is 6.33 Å². The molecule has 0 bridgehead atoms. The number of rotatable bonds is 6. The highest BCUT2D eigenvalue weighted by atomic mass is 19.2. The van der Waals surface area contributed by atoms with Crippen molar-refractivity contribution in [2.24, 2.45) is 7.05 Å². The van der Waals surface area contributed by atoms with Crippen LogP contribution in [0.3, 0.4) is 0 Å². The zero-order valence-electron chi connectivity index (χ0n) is 12.0. The minimum Gasteiger partial charge on any atom is -0.308 e. The van der Waals surface area contributed by atoms with Gasteiger partial charge in [-0.05, 0) is 19.0 Å². The molecule has 0 radical (unpaired) electrons. The fourth-order valence-corrected chi connectivity index (χ4v) is 2.10. The van der Waals surface area contributed by atoms with Crippen molar-refractivity contribution < 1.29 is 8.78 Å². The molecule has 7 heteroatoms. The van der Waals surface area contributed by atoms with Crippen molar-refractivity contribution in [3.05, 3.63) is 52.2 Å². The van der Waals surface area contributed by atoms with Crippen molar-refractivity contribution >= 4 is 0 Å². The molecule has 1 atom stereocenters. The zero-order valence-corrected chi connectivity index (χ0v) is 12.0. The highest BCUT2D eigenvalue weighted by Gasteiger charge is 2.19. The number of aromatic nitrogens is 3. The van der Waals surface area contributed by atoms with Crippen LogP contribution in [0, 0.1) is 11.6 Å². The number of hydrogen-bond acceptors (Lipinski definition) is 3. The van der Waals surface area contributed by atoms with Gasteiger partial charge in [-0.2, -0.15) is 5.10 Å². The van der Waals surface area contributed by atoms with Gasteiger partial charge in [0.15, 0.2) is 11.6 Å². The van der Waals surface area contributed by atoms with Gasteiger partial charge in [0, 0.05) is 12.6 Å². The molecule has 1 unspecified atom stereocenters. The summed E-state index contributed by atoms with van der Waals surface area (Å²) in [5, 5.41) is 7.07. The number of benzene rings is 1. The van der Waals surface area contributed by atoms with Crippen LogP contribution in [0.25, 0.3) is 0 Å². The number of halogens is 2. The van der Waals surface area contributed by atoms with Crippen LogP contribution in [0.2, 0.25) is 0 Å². The van der Waals surface area contributed by atoms with Crippen LogP contribution < -0.4 is 11.0 Å². The minimum atomic E-state index is -0.899. The molecule has 0 fully saturated rings. The molecule has 21 heavy (non-hydrogen) atoms. The van der Waals surface area contributed by atoms with E-state index in [0.717, 1.165) is 12.5 Å². The van der Waals surface area contributed by atoms with Crippen molar-refractivity contribution in [3.8, 4) is 0 Å². The van der Waals surface area contributed by atoms with E-state index in [1.807, 2.05) is 6.92 Å². The molecule has 0 saturated heterocycles. The van der Waals surface area contributed by atoms with Crippen LogP contribution in [0.15, 0.2) is 29.3 Å². The van der Waals surface area contributed by atoms with Crippen LogP contribution >= 0.6 is 0 Å². The van der Waals surface area contributed by atoms with Crippen LogP contribution in [-0.4, -0.2) is 20.9 Å². The normalized spacial score (nSPS) is 12.6. The van der Waals surface area contributed by atoms with E-state index in [1.165, 1.54) is 27.7 Å². The monoisotopic (exact) mass is 296 g/mol. The highest BCUT2D eigenvalue weighted by Crippen LogP contribution is 2.20. The predicted molar refractivity (Wildman–Crippen MR) is 74.9 cm³/mol. The fraction of sp³-hybridized carbons (Fsp3) is 0.429. The maximum Gasteiger partial charge on any atom is 0.345 e. The second kappa shape index (κ2) is 6.62. The van der Waals surface area contributed by atoms with E-state index >= 15 is 0 Å². The first-order valence-corrected chi connectivity index (χ1v) is 6.80. The van der Waals surface area contributed by atoms with Crippen molar-refractivity contribution in [1.82, 2.24) is 19.7 Å². The van der Waals surface area contributed by atoms with Gasteiger partial charge < -0.3 is 5.32 Å². The average molecular weight is 296 g/mol. The number of hydrogen-bond donors (Lipinski definition) is 1. The maximum absolute atomic E-state index is 14.0. The smallest absolute Gasteiger partial charge is 0.308 e. The topological polar surface area (TPSA) is 51.9 Å². The summed E-state index contributed by atoms with van der Waals surface area (Å²) in [6.07, 6.45) is 2.23. The minimum absolute atomic E-state index is 0.139. The molecule has 1 heterocycles. The third-order valence-electron chi connectivity index (χ3n) is 3.24. The zero-order chi connectivity index (χ0) is 15.4. The lowest BCUT2D eigenvalue weighted by Crippen LogP contribution is -2.32. The molecule has 0 aliphatic rings. The first kappa shape index (κ1) is 15.4. The van der Waals surface area contributed by atoms with Gasteiger partial charge in [-0.15, -0.1) is 0 Å². The van der Waals surface area contributed by atoms with E-state index in [-0.39, 0.29) is 17.8 Å². The van der Waals surface area contributed by atoms with Crippen LogP contribution in [0.1, 0.15) is 24.9 Å². The molecular formula is C14H18F2N4O. The molecule has 1 N–H and O–H groups in total. The Labute approximate surface area is 121 Å². The number of nitrogens with zero attached hydrogens (tertiary/aromatic N) is 3. The Morgan fingerprint density at radius 3 is 2.76 bits per heavy atom. The van der Waals surface area contributed by atoms with Gasteiger partial charge >= 0.3 is 5.69 Å². The van der Waals surface area contributed by atoms with Crippen LogP contribution in [0.5, 0.6) is 0 Å². The van der Waals surface area contributed by atoms with E-state index in [1.54, 1.807) is 7.05 Å². The molecule has 2 rings (SSSR count). The van der Waals surface area contributed by atoms with E-state index in [9.17, 15) is 13.6 Å². The lowest BCUT2D eigenvalue weighted by molar-refractivity contribution is 0.404. The van der Waals surface area contributed by atoms with Gasteiger partial charge in [0.2, 0.25) is 0 Å². The second-order valence-electron chi connectivity index (χ2n) is 4.86. The molecule has 114 valence electrons. The Morgan fingerprint density at radius 1 is 1.38 bits per heavy atom. The molecule has 0 saturated carbocycles. The van der Waals surface area contributed by atoms with Gasteiger partial charge in [-0.3, -0.25) is 4.57 Å². The summed E-state index contributed by atoms with van der Waals surface area (Å²) >= 11 is 0. The molecule has 1 aromatic carbocycles. The fourth-order valence-electron chi connectivity index (χ4n) is 2.10. The highest BCUT2D eigenvalue weighted by molar-refractivity contribution is 5.22. The number of aryl methyl sites for hydroxylation is 1. The van der Waals surface area contributed by atoms with E-state index in [2.05, 4.69) is 10.4 Å². The number of nitrogens with one attached hydrogen (secondary N) is 1. The first-order chi connectivity index (χ1) is 10.0. The van der Waals surface area contributed by atoms with Crippen molar-refractivity contribution in [2.45, 2.75) is 25.9 Å². The maximum atomic E-state index is 14.0. The van der Waals surface area contributed by atoms with Crippen LogP contribution in [-0.2, 0) is 13.6 Å². The third-order valence-corrected chi connectivity index (χ3v) is 3.24. The summed E-state index contributed by atoms with van der Waals surface area (Å²) in [7, 11) is 1.59. The van der Waals surface area contributed by atoms with E-state index in [0.29, 0.717) is 6.54 Å². The third kappa shape index (κ3) is 3.36. The summed E-state index contributed by atoms with van der Waals surface area (Å²) in [5.41, 5.74) is -0.101. The van der Waals surface area contributed by atoms with E-state index in [4.69, 9.17) is 0 Å². The molecule has 0 spiro atoms. The molecule has 0 amide bonds. The van der Waals surface area contributed by atoms with E-state index < -0.39 is 17.7 Å². The molecule has 1 aromatic heterocycles. The second-order valence-corrected chi connectivity index (χ2v) is 4.86. The van der Waals surface area contributed by atoms with Gasteiger partial charge in [0.05, 0.1) is 12.6 Å².